The van der Waals surface area contributed by atoms with Gasteiger partial charge in [0.05, 0.1) is 17.6 Å². The molecule has 0 aliphatic heterocycles. The fourth-order valence-corrected chi connectivity index (χ4v) is 1.49. The maximum absolute atomic E-state index is 5.67. The van der Waals surface area contributed by atoms with Crippen molar-refractivity contribution in [3.63, 3.8) is 0 Å². The molecule has 1 heterocycles. The van der Waals surface area contributed by atoms with Gasteiger partial charge in [0.15, 0.2) is 0 Å². The molecule has 0 spiro atoms. The van der Waals surface area contributed by atoms with Crippen molar-refractivity contribution in [1.82, 2.24) is 9.78 Å². The maximum Gasteiger partial charge on any atom is 0.0649 e. The van der Waals surface area contributed by atoms with Gasteiger partial charge < -0.3 is 5.73 Å². The minimum atomic E-state index is 0.515. The summed E-state index contributed by atoms with van der Waals surface area (Å²) in [4.78, 5) is 0. The average molecular weight is 187 g/mol. The third kappa shape index (κ3) is 1.42. The van der Waals surface area contributed by atoms with Crippen molar-refractivity contribution >= 4 is 0 Å². The van der Waals surface area contributed by atoms with Gasteiger partial charge in [0, 0.05) is 6.54 Å². The monoisotopic (exact) mass is 187 g/mol. The molecule has 3 heteroatoms. The molecule has 0 unspecified atom stereocenters. The van der Waals surface area contributed by atoms with Crippen LogP contribution >= 0.6 is 0 Å². The smallest absolute Gasteiger partial charge is 0.0649 e. The van der Waals surface area contributed by atoms with Crippen molar-refractivity contribution in [3.8, 4) is 5.69 Å². The van der Waals surface area contributed by atoms with Gasteiger partial charge in [-0.2, -0.15) is 5.10 Å². The first-order valence-electron chi connectivity index (χ1n) is 4.62. The van der Waals surface area contributed by atoms with Crippen molar-refractivity contribution in [1.29, 1.82) is 0 Å². The molecule has 2 N–H and O–H groups in total. The Bertz CT molecular complexity index is 417. The lowest BCUT2D eigenvalue weighted by Crippen LogP contribution is -2.07. The Balaban J connectivity index is 2.52. The summed E-state index contributed by atoms with van der Waals surface area (Å²) < 4.78 is 1.88. The van der Waals surface area contributed by atoms with Crippen LogP contribution in [0, 0.1) is 6.92 Å². The zero-order valence-electron chi connectivity index (χ0n) is 8.14. The van der Waals surface area contributed by atoms with Gasteiger partial charge in [-0.15, -0.1) is 0 Å². The quantitative estimate of drug-likeness (QED) is 0.776. The number of rotatable bonds is 2. The first-order valence-corrected chi connectivity index (χ1v) is 4.62. The SMILES string of the molecule is Cc1cnn(-c2ccccc2)c1CN. The number of nitrogens with two attached hydrogens (primary N) is 1. The van der Waals surface area contributed by atoms with Crippen LogP contribution in [0.1, 0.15) is 11.3 Å². The van der Waals surface area contributed by atoms with Crippen molar-refractivity contribution in [2.24, 2.45) is 5.73 Å². The van der Waals surface area contributed by atoms with Gasteiger partial charge in [0.1, 0.15) is 0 Å². The molecule has 0 aliphatic rings. The van der Waals surface area contributed by atoms with Crippen molar-refractivity contribution in [3.05, 3.63) is 47.8 Å². The summed E-state index contributed by atoms with van der Waals surface area (Å²) >= 11 is 0. The minimum absolute atomic E-state index is 0.515. The molecule has 0 amide bonds. The normalized spacial score (nSPS) is 10.4. The number of hydrogen-bond acceptors (Lipinski definition) is 2. The zero-order valence-corrected chi connectivity index (χ0v) is 8.14. The van der Waals surface area contributed by atoms with Gasteiger partial charge in [0.2, 0.25) is 0 Å². The zero-order chi connectivity index (χ0) is 9.97. The Morgan fingerprint density at radius 3 is 2.64 bits per heavy atom. The molecule has 3 nitrogen and oxygen atoms in total. The first-order chi connectivity index (χ1) is 6.83. The van der Waals surface area contributed by atoms with Crippen molar-refractivity contribution < 1.29 is 0 Å². The van der Waals surface area contributed by atoms with Crippen LogP contribution in [0.4, 0.5) is 0 Å². The van der Waals surface area contributed by atoms with E-state index in [1.54, 1.807) is 0 Å². The first kappa shape index (κ1) is 8.97. The summed E-state index contributed by atoms with van der Waals surface area (Å²) in [6, 6.07) is 10.0. The number of hydrogen-bond donors (Lipinski definition) is 1. The second-order valence-electron chi connectivity index (χ2n) is 3.23. The minimum Gasteiger partial charge on any atom is -0.325 e. The Kier molecular flexibility index (Phi) is 2.33. The molecule has 2 aromatic rings. The van der Waals surface area contributed by atoms with Gasteiger partial charge in [-0.1, -0.05) is 18.2 Å². The number of benzene rings is 1. The van der Waals surface area contributed by atoms with E-state index in [-0.39, 0.29) is 0 Å². The number of nitrogens with zero attached hydrogens (tertiary/aromatic N) is 2. The van der Waals surface area contributed by atoms with Crippen LogP contribution in [-0.2, 0) is 6.54 Å². The van der Waals surface area contributed by atoms with Gasteiger partial charge in [0.25, 0.3) is 0 Å². The van der Waals surface area contributed by atoms with Crippen LogP contribution in [0.15, 0.2) is 36.5 Å². The molecule has 1 aromatic heterocycles. The van der Waals surface area contributed by atoms with Gasteiger partial charge in [-0.05, 0) is 24.6 Å². The molecule has 0 radical (unpaired) electrons. The third-order valence-corrected chi connectivity index (χ3v) is 2.27. The number of para-hydroxylation sites is 1. The summed E-state index contributed by atoms with van der Waals surface area (Å²) in [6.45, 7) is 2.54. The summed E-state index contributed by atoms with van der Waals surface area (Å²) in [5.41, 5.74) is 8.93. The van der Waals surface area contributed by atoms with E-state index in [4.69, 9.17) is 5.73 Å². The molecule has 0 atom stereocenters. The molecule has 0 saturated heterocycles. The van der Waals surface area contributed by atoms with Gasteiger partial charge in [-0.25, -0.2) is 4.68 Å². The predicted octanol–water partition coefficient (Wildman–Crippen LogP) is 1.64. The maximum atomic E-state index is 5.67. The summed E-state index contributed by atoms with van der Waals surface area (Å²) in [5.74, 6) is 0. The van der Waals surface area contributed by atoms with E-state index in [0.29, 0.717) is 6.54 Å². The van der Waals surface area contributed by atoms with E-state index in [1.165, 1.54) is 0 Å². The van der Waals surface area contributed by atoms with Crippen LogP contribution in [-0.4, -0.2) is 9.78 Å². The second kappa shape index (κ2) is 3.64. The van der Waals surface area contributed by atoms with Crippen LogP contribution < -0.4 is 5.73 Å². The van der Waals surface area contributed by atoms with Gasteiger partial charge in [-0.3, -0.25) is 0 Å². The lowest BCUT2D eigenvalue weighted by molar-refractivity contribution is 0.801. The molecule has 14 heavy (non-hydrogen) atoms. The molecular formula is C11H13N3. The molecule has 0 fully saturated rings. The fourth-order valence-electron chi connectivity index (χ4n) is 1.49. The van der Waals surface area contributed by atoms with Crippen LogP contribution in [0.3, 0.4) is 0 Å². The van der Waals surface area contributed by atoms with Crippen molar-refractivity contribution in [2.45, 2.75) is 13.5 Å². The molecule has 0 bridgehead atoms. The Hall–Kier alpha value is -1.61. The van der Waals surface area contributed by atoms with Crippen molar-refractivity contribution in [2.75, 3.05) is 0 Å². The predicted molar refractivity (Wildman–Crippen MR) is 56.2 cm³/mol. The lowest BCUT2D eigenvalue weighted by Gasteiger charge is -2.05. The van der Waals surface area contributed by atoms with E-state index in [1.807, 2.05) is 48.1 Å². The summed E-state index contributed by atoms with van der Waals surface area (Å²) in [5, 5.41) is 4.29. The highest BCUT2D eigenvalue weighted by molar-refractivity contribution is 5.34. The Labute approximate surface area is 83.2 Å². The Morgan fingerprint density at radius 2 is 2.00 bits per heavy atom. The molecular weight excluding hydrogens is 174 g/mol. The van der Waals surface area contributed by atoms with E-state index in [9.17, 15) is 0 Å². The second-order valence-corrected chi connectivity index (χ2v) is 3.23. The van der Waals surface area contributed by atoms with Crippen LogP contribution in [0.5, 0.6) is 0 Å². The largest absolute Gasteiger partial charge is 0.325 e. The molecule has 2 rings (SSSR count). The average Bonchev–Trinajstić information content (AvgIpc) is 2.61. The molecule has 72 valence electrons. The van der Waals surface area contributed by atoms with Crippen LogP contribution in [0.25, 0.3) is 5.69 Å². The fraction of sp³-hybridized carbons (Fsp3) is 0.182. The van der Waals surface area contributed by atoms with E-state index in [0.717, 1.165) is 16.9 Å². The van der Waals surface area contributed by atoms with Crippen LogP contribution in [0.2, 0.25) is 0 Å². The summed E-state index contributed by atoms with van der Waals surface area (Å²) in [7, 11) is 0. The topological polar surface area (TPSA) is 43.8 Å². The highest BCUT2D eigenvalue weighted by Crippen LogP contribution is 2.12. The number of aryl methyl sites for hydroxylation is 1. The van der Waals surface area contributed by atoms with E-state index < -0.39 is 0 Å². The van der Waals surface area contributed by atoms with E-state index in [2.05, 4.69) is 5.10 Å². The molecule has 0 saturated carbocycles. The summed E-state index contributed by atoms with van der Waals surface area (Å²) in [6.07, 6.45) is 1.84. The highest BCUT2D eigenvalue weighted by atomic mass is 15.3. The number of aromatic nitrogens is 2. The highest BCUT2D eigenvalue weighted by Gasteiger charge is 2.06. The Morgan fingerprint density at radius 1 is 1.29 bits per heavy atom. The lowest BCUT2D eigenvalue weighted by atomic mass is 10.2. The molecule has 0 aliphatic carbocycles. The third-order valence-electron chi connectivity index (χ3n) is 2.27. The standard InChI is InChI=1S/C11H13N3/c1-9-8-13-14(11(9)7-12)10-5-3-2-4-6-10/h2-6,8H,7,12H2,1H3. The van der Waals surface area contributed by atoms with E-state index >= 15 is 0 Å². The molecule has 1 aromatic carbocycles. The van der Waals surface area contributed by atoms with Gasteiger partial charge >= 0.3 is 0 Å².